The number of amides is 1. The van der Waals surface area contributed by atoms with Crippen molar-refractivity contribution in [2.75, 3.05) is 33.4 Å². The lowest BCUT2D eigenvalue weighted by Crippen LogP contribution is -2.58. The van der Waals surface area contributed by atoms with Crippen molar-refractivity contribution in [2.45, 2.75) is 32.9 Å². The molecule has 0 saturated carbocycles. The quantitative estimate of drug-likeness (QED) is 0.807. The molecule has 1 amide bonds. The van der Waals surface area contributed by atoms with Crippen LogP contribution in [0.5, 0.6) is 0 Å². The van der Waals surface area contributed by atoms with Gasteiger partial charge in [0.05, 0.1) is 6.61 Å². The number of hydrogen-bond acceptors (Lipinski definition) is 5. The van der Waals surface area contributed by atoms with E-state index in [-0.39, 0.29) is 5.91 Å². The third-order valence-electron chi connectivity index (χ3n) is 4.92. The van der Waals surface area contributed by atoms with Crippen LogP contribution in [0.25, 0.3) is 10.6 Å². The molecule has 1 aliphatic heterocycles. The van der Waals surface area contributed by atoms with Gasteiger partial charge in [0.15, 0.2) is 0 Å². The number of hydrogen-bond donors (Lipinski definition) is 0. The Morgan fingerprint density at radius 1 is 1.31 bits per heavy atom. The smallest absolute Gasteiger partial charge is 0.253 e. The number of ether oxygens (including phenoxy) is 1. The number of methoxy groups -OCH3 is 1. The molecule has 1 aromatic carbocycles. The van der Waals surface area contributed by atoms with Gasteiger partial charge in [0.2, 0.25) is 0 Å². The monoisotopic (exact) mass is 373 g/mol. The zero-order valence-electron chi connectivity index (χ0n) is 15.9. The Balaban J connectivity index is 1.74. The highest BCUT2D eigenvalue weighted by Crippen LogP contribution is 2.25. The fourth-order valence-electron chi connectivity index (χ4n) is 3.61. The van der Waals surface area contributed by atoms with E-state index in [2.05, 4.69) is 23.7 Å². The van der Waals surface area contributed by atoms with Crippen molar-refractivity contribution < 1.29 is 9.53 Å². The van der Waals surface area contributed by atoms with Crippen LogP contribution in [-0.4, -0.2) is 66.1 Å². The Kier molecular flexibility index (Phi) is 6.06. The van der Waals surface area contributed by atoms with Gasteiger partial charge in [-0.05, 0) is 32.9 Å². The van der Waals surface area contributed by atoms with Crippen LogP contribution < -0.4 is 0 Å². The molecule has 2 unspecified atom stereocenters. The molecular formula is C20H27N3O2S. The zero-order valence-corrected chi connectivity index (χ0v) is 16.8. The highest BCUT2D eigenvalue weighted by molar-refractivity contribution is 7.13. The maximum absolute atomic E-state index is 13.1. The molecule has 0 radical (unpaired) electrons. The van der Waals surface area contributed by atoms with Crippen LogP contribution in [0.15, 0.2) is 29.6 Å². The molecule has 2 heterocycles. The minimum atomic E-state index is 0.102. The van der Waals surface area contributed by atoms with Crippen molar-refractivity contribution in [3.05, 3.63) is 40.9 Å². The molecule has 2 aromatic rings. The van der Waals surface area contributed by atoms with Crippen LogP contribution >= 0.6 is 11.3 Å². The van der Waals surface area contributed by atoms with Gasteiger partial charge in [0, 0.05) is 61.0 Å². The minimum absolute atomic E-state index is 0.102. The molecule has 1 aliphatic rings. The van der Waals surface area contributed by atoms with Gasteiger partial charge in [0.1, 0.15) is 5.01 Å². The first-order valence-electron chi connectivity index (χ1n) is 9.06. The second-order valence-corrected chi connectivity index (χ2v) is 7.87. The Hall–Kier alpha value is -1.76. The van der Waals surface area contributed by atoms with Gasteiger partial charge in [-0.25, -0.2) is 4.98 Å². The molecule has 26 heavy (non-hydrogen) atoms. The maximum Gasteiger partial charge on any atom is 0.253 e. The van der Waals surface area contributed by atoms with E-state index in [4.69, 9.17) is 4.74 Å². The van der Waals surface area contributed by atoms with Crippen LogP contribution in [0, 0.1) is 6.92 Å². The summed E-state index contributed by atoms with van der Waals surface area (Å²) < 4.78 is 5.21. The van der Waals surface area contributed by atoms with Crippen molar-refractivity contribution in [1.29, 1.82) is 0 Å². The molecule has 5 nitrogen and oxygen atoms in total. The zero-order chi connectivity index (χ0) is 18.7. The Bertz CT molecular complexity index is 749. The van der Waals surface area contributed by atoms with Crippen LogP contribution in [0.3, 0.4) is 0 Å². The molecular weight excluding hydrogens is 346 g/mol. The number of piperazine rings is 1. The van der Waals surface area contributed by atoms with E-state index in [0.29, 0.717) is 12.1 Å². The van der Waals surface area contributed by atoms with Gasteiger partial charge < -0.3 is 9.64 Å². The number of aromatic nitrogens is 1. The summed E-state index contributed by atoms with van der Waals surface area (Å²) >= 11 is 1.61. The lowest BCUT2D eigenvalue weighted by molar-refractivity contribution is 0.0193. The number of nitrogens with zero attached hydrogens (tertiary/aromatic N) is 3. The first-order chi connectivity index (χ1) is 12.5. The summed E-state index contributed by atoms with van der Waals surface area (Å²) in [6, 6.07) is 8.47. The highest BCUT2D eigenvalue weighted by atomic mass is 32.1. The van der Waals surface area contributed by atoms with Crippen LogP contribution in [0.4, 0.5) is 0 Å². The number of carbonyl (C=O) groups excluding carboxylic acids is 1. The van der Waals surface area contributed by atoms with E-state index in [1.165, 1.54) is 0 Å². The molecule has 3 rings (SSSR count). The molecule has 0 spiro atoms. The predicted octanol–water partition coefficient (Wildman–Crippen LogP) is 3.30. The van der Waals surface area contributed by atoms with Crippen LogP contribution in [-0.2, 0) is 4.74 Å². The van der Waals surface area contributed by atoms with Crippen molar-refractivity contribution in [1.82, 2.24) is 14.8 Å². The van der Waals surface area contributed by atoms with Crippen LogP contribution in [0.2, 0.25) is 0 Å². The number of rotatable bonds is 5. The van der Waals surface area contributed by atoms with Gasteiger partial charge in [-0.15, -0.1) is 11.3 Å². The maximum atomic E-state index is 13.1. The molecule has 2 atom stereocenters. The fraction of sp³-hybridized carbons (Fsp3) is 0.500. The van der Waals surface area contributed by atoms with Crippen LogP contribution in [0.1, 0.15) is 29.9 Å². The Morgan fingerprint density at radius 2 is 2.04 bits per heavy atom. The lowest BCUT2D eigenvalue weighted by atomic mass is 10.1. The summed E-state index contributed by atoms with van der Waals surface area (Å²) in [7, 11) is 1.73. The lowest BCUT2D eigenvalue weighted by Gasteiger charge is -2.44. The molecule has 140 valence electrons. The molecule has 0 bridgehead atoms. The summed E-state index contributed by atoms with van der Waals surface area (Å²) in [6.07, 6.45) is 0. The van der Waals surface area contributed by atoms with Crippen molar-refractivity contribution in [3.8, 4) is 10.6 Å². The van der Waals surface area contributed by atoms with E-state index >= 15 is 0 Å². The molecule has 0 aliphatic carbocycles. The summed E-state index contributed by atoms with van der Waals surface area (Å²) in [6.45, 7) is 9.46. The number of thiazole rings is 1. The van der Waals surface area contributed by atoms with E-state index in [1.54, 1.807) is 18.4 Å². The molecule has 1 fully saturated rings. The number of carbonyl (C=O) groups is 1. The second kappa shape index (κ2) is 8.29. The predicted molar refractivity (Wildman–Crippen MR) is 106 cm³/mol. The first kappa shape index (κ1) is 19.0. The molecule has 1 saturated heterocycles. The molecule has 1 aromatic heterocycles. The highest BCUT2D eigenvalue weighted by Gasteiger charge is 2.31. The van der Waals surface area contributed by atoms with Crippen molar-refractivity contribution >= 4 is 17.2 Å². The van der Waals surface area contributed by atoms with Crippen molar-refractivity contribution in [3.63, 3.8) is 0 Å². The summed E-state index contributed by atoms with van der Waals surface area (Å²) in [5.74, 6) is 0.102. The van der Waals surface area contributed by atoms with E-state index in [1.807, 2.05) is 41.5 Å². The Morgan fingerprint density at radius 3 is 2.65 bits per heavy atom. The summed E-state index contributed by atoms with van der Waals surface area (Å²) in [5.41, 5.74) is 2.76. The van der Waals surface area contributed by atoms with E-state index < -0.39 is 0 Å². The second-order valence-electron chi connectivity index (χ2n) is 7.01. The standard InChI is InChI=1S/C20H27N3O2S/c1-14-13-26-19(21-14)17-6-5-7-18(10-17)20(24)22-11-15(2)23(8-9-25-4)16(3)12-22/h5-7,10,13,15-16H,8-9,11-12H2,1-4H3. The van der Waals surface area contributed by atoms with Crippen molar-refractivity contribution in [2.24, 2.45) is 0 Å². The average molecular weight is 374 g/mol. The molecule has 6 heteroatoms. The molecule has 0 N–H and O–H groups in total. The van der Waals surface area contributed by atoms with Gasteiger partial charge >= 0.3 is 0 Å². The third kappa shape index (κ3) is 4.14. The minimum Gasteiger partial charge on any atom is -0.383 e. The summed E-state index contributed by atoms with van der Waals surface area (Å²) in [5, 5.41) is 3.00. The van der Waals surface area contributed by atoms with Gasteiger partial charge in [0.25, 0.3) is 5.91 Å². The van der Waals surface area contributed by atoms with E-state index in [0.717, 1.165) is 48.1 Å². The summed E-state index contributed by atoms with van der Waals surface area (Å²) in [4.78, 5) is 22.0. The SMILES string of the molecule is COCCN1C(C)CN(C(=O)c2cccc(-c3nc(C)cs3)c2)CC1C. The Labute approximate surface area is 159 Å². The number of benzene rings is 1. The average Bonchev–Trinajstić information content (AvgIpc) is 3.07. The first-order valence-corrected chi connectivity index (χ1v) is 9.94. The fourth-order valence-corrected chi connectivity index (χ4v) is 4.41. The van der Waals surface area contributed by atoms with E-state index in [9.17, 15) is 4.79 Å². The largest absolute Gasteiger partial charge is 0.383 e. The normalized spacial score (nSPS) is 21.2. The van der Waals surface area contributed by atoms with Gasteiger partial charge in [-0.3, -0.25) is 9.69 Å². The topological polar surface area (TPSA) is 45.7 Å². The number of aryl methyl sites for hydroxylation is 1. The van der Waals surface area contributed by atoms with Gasteiger partial charge in [-0.2, -0.15) is 0 Å². The third-order valence-corrected chi connectivity index (χ3v) is 5.93. The van der Waals surface area contributed by atoms with Gasteiger partial charge in [-0.1, -0.05) is 12.1 Å².